The van der Waals surface area contributed by atoms with Crippen molar-refractivity contribution in [2.24, 2.45) is 5.92 Å². The van der Waals surface area contributed by atoms with E-state index in [2.05, 4.69) is 32.1 Å². The molecule has 1 aromatic heterocycles. The number of hydrogen-bond donors (Lipinski definition) is 0. The zero-order chi connectivity index (χ0) is 23.3. The second kappa shape index (κ2) is 10.1. The Morgan fingerprint density at radius 3 is 2.29 bits per heavy atom. The summed E-state index contributed by atoms with van der Waals surface area (Å²) in [6, 6.07) is 22.2. The maximum absolute atomic E-state index is 13.3. The summed E-state index contributed by atoms with van der Waals surface area (Å²) >= 11 is 0. The Bertz CT molecular complexity index is 1080. The van der Waals surface area contributed by atoms with Gasteiger partial charge in [-0.2, -0.15) is 0 Å². The molecule has 2 aliphatic rings. The molecule has 2 saturated heterocycles. The van der Waals surface area contributed by atoms with Crippen LogP contribution in [0.15, 0.2) is 66.7 Å². The Kier molecular flexibility index (Phi) is 6.60. The summed E-state index contributed by atoms with van der Waals surface area (Å²) in [5, 5.41) is 8.91. The molecule has 7 nitrogen and oxygen atoms in total. The molecule has 2 fully saturated rings. The summed E-state index contributed by atoms with van der Waals surface area (Å²) in [6.45, 7) is 4.83. The molecule has 2 aliphatic heterocycles. The largest absolute Gasteiger partial charge is 0.497 e. The zero-order valence-electron chi connectivity index (χ0n) is 19.6. The van der Waals surface area contributed by atoms with Crippen LogP contribution < -0.4 is 14.5 Å². The van der Waals surface area contributed by atoms with Crippen LogP contribution in [-0.4, -0.2) is 67.4 Å². The van der Waals surface area contributed by atoms with E-state index in [0.29, 0.717) is 6.54 Å². The molecule has 176 valence electrons. The Morgan fingerprint density at radius 2 is 1.62 bits per heavy atom. The molecule has 0 radical (unpaired) electrons. The lowest BCUT2D eigenvalue weighted by molar-refractivity contribution is -0.136. The summed E-state index contributed by atoms with van der Waals surface area (Å²) in [6.07, 6.45) is 1.92. The van der Waals surface area contributed by atoms with E-state index in [0.717, 1.165) is 68.4 Å². The molecule has 3 aromatic rings. The Morgan fingerprint density at radius 1 is 0.853 bits per heavy atom. The van der Waals surface area contributed by atoms with Gasteiger partial charge in [0.05, 0.1) is 18.7 Å². The van der Waals surface area contributed by atoms with Crippen molar-refractivity contribution in [2.75, 3.05) is 56.2 Å². The number of rotatable bonds is 5. The Balaban J connectivity index is 1.17. The van der Waals surface area contributed by atoms with Gasteiger partial charge in [-0.15, -0.1) is 10.2 Å². The highest BCUT2D eigenvalue weighted by Gasteiger charge is 2.31. The molecule has 0 spiro atoms. The van der Waals surface area contributed by atoms with Crippen LogP contribution in [0.2, 0.25) is 0 Å². The number of amides is 1. The van der Waals surface area contributed by atoms with E-state index >= 15 is 0 Å². The fraction of sp³-hybridized carbons (Fsp3) is 0.370. The van der Waals surface area contributed by atoms with Gasteiger partial charge in [0.1, 0.15) is 5.75 Å². The van der Waals surface area contributed by atoms with E-state index in [1.807, 2.05) is 59.5 Å². The quantitative estimate of drug-likeness (QED) is 0.582. The zero-order valence-corrected chi connectivity index (χ0v) is 19.6. The van der Waals surface area contributed by atoms with Gasteiger partial charge >= 0.3 is 0 Å². The first kappa shape index (κ1) is 22.2. The average molecular weight is 458 g/mol. The van der Waals surface area contributed by atoms with Gasteiger partial charge in [-0.1, -0.05) is 30.3 Å². The highest BCUT2D eigenvalue weighted by Crippen LogP contribution is 2.26. The molecular weight excluding hydrogens is 426 g/mol. The molecule has 0 saturated carbocycles. The van der Waals surface area contributed by atoms with Crippen molar-refractivity contribution in [3.8, 4) is 17.0 Å². The predicted molar refractivity (Wildman–Crippen MR) is 134 cm³/mol. The minimum Gasteiger partial charge on any atom is -0.497 e. The minimum absolute atomic E-state index is 0.0110. The molecule has 1 atom stereocenters. The number of nitrogens with zero attached hydrogens (tertiary/aromatic N) is 5. The molecule has 0 aliphatic carbocycles. The number of piperazine rings is 1. The highest BCUT2D eigenvalue weighted by molar-refractivity contribution is 5.80. The van der Waals surface area contributed by atoms with Crippen LogP contribution >= 0.6 is 0 Å². The molecule has 3 heterocycles. The number of ether oxygens (including phenoxy) is 1. The van der Waals surface area contributed by atoms with Gasteiger partial charge < -0.3 is 19.4 Å². The number of anilines is 2. The first-order valence-electron chi connectivity index (χ1n) is 12.0. The molecule has 0 N–H and O–H groups in total. The van der Waals surface area contributed by atoms with E-state index in [-0.39, 0.29) is 11.8 Å². The van der Waals surface area contributed by atoms with Crippen molar-refractivity contribution in [1.29, 1.82) is 0 Å². The van der Waals surface area contributed by atoms with Crippen molar-refractivity contribution >= 4 is 17.4 Å². The smallest absolute Gasteiger partial charge is 0.227 e. The number of methoxy groups -OCH3 is 1. The number of carbonyl (C=O) groups excluding carboxylic acids is 1. The van der Waals surface area contributed by atoms with Crippen LogP contribution in [-0.2, 0) is 4.79 Å². The van der Waals surface area contributed by atoms with Crippen molar-refractivity contribution in [1.82, 2.24) is 15.1 Å². The van der Waals surface area contributed by atoms with Crippen LogP contribution in [0.25, 0.3) is 11.3 Å². The van der Waals surface area contributed by atoms with E-state index in [4.69, 9.17) is 4.74 Å². The molecule has 34 heavy (non-hydrogen) atoms. The lowest BCUT2D eigenvalue weighted by Crippen LogP contribution is -2.52. The van der Waals surface area contributed by atoms with Crippen LogP contribution in [0.3, 0.4) is 0 Å². The average Bonchev–Trinajstić information content (AvgIpc) is 2.93. The summed E-state index contributed by atoms with van der Waals surface area (Å²) in [4.78, 5) is 19.9. The third-order valence-corrected chi connectivity index (χ3v) is 6.84. The number of piperidine rings is 1. The lowest BCUT2D eigenvalue weighted by Gasteiger charge is -2.40. The monoisotopic (exact) mass is 457 g/mol. The maximum Gasteiger partial charge on any atom is 0.227 e. The third kappa shape index (κ3) is 4.83. The van der Waals surface area contributed by atoms with Crippen LogP contribution in [0.5, 0.6) is 5.75 Å². The normalized spacial score (nSPS) is 18.6. The molecule has 2 aromatic carbocycles. The van der Waals surface area contributed by atoms with Gasteiger partial charge in [0, 0.05) is 50.5 Å². The number of hydrogen-bond acceptors (Lipinski definition) is 6. The Labute approximate surface area is 201 Å². The van der Waals surface area contributed by atoms with Crippen LogP contribution in [0.4, 0.5) is 11.5 Å². The Hall–Kier alpha value is -3.61. The van der Waals surface area contributed by atoms with Crippen molar-refractivity contribution < 1.29 is 9.53 Å². The van der Waals surface area contributed by atoms with E-state index < -0.39 is 0 Å². The number of benzene rings is 2. The predicted octanol–water partition coefficient (Wildman–Crippen LogP) is 3.72. The van der Waals surface area contributed by atoms with Crippen LogP contribution in [0, 0.1) is 5.92 Å². The minimum atomic E-state index is 0.0110. The van der Waals surface area contributed by atoms with Crippen LogP contribution in [0.1, 0.15) is 12.8 Å². The highest BCUT2D eigenvalue weighted by atomic mass is 16.5. The third-order valence-electron chi connectivity index (χ3n) is 6.84. The molecule has 0 bridgehead atoms. The second-order valence-corrected chi connectivity index (χ2v) is 8.94. The summed E-state index contributed by atoms with van der Waals surface area (Å²) in [5.41, 5.74) is 3.10. The summed E-state index contributed by atoms with van der Waals surface area (Å²) < 4.78 is 5.26. The van der Waals surface area contributed by atoms with E-state index in [1.165, 1.54) is 5.69 Å². The van der Waals surface area contributed by atoms with Gasteiger partial charge in [0.25, 0.3) is 0 Å². The second-order valence-electron chi connectivity index (χ2n) is 8.94. The van der Waals surface area contributed by atoms with Gasteiger partial charge in [0.15, 0.2) is 5.82 Å². The summed E-state index contributed by atoms with van der Waals surface area (Å²) in [5.74, 6) is 1.99. The standard InChI is InChI=1S/C27H31N5O2/c1-34-24-11-9-23(10-12-24)30-16-18-31(19-17-30)27(33)22-8-5-15-32(20-22)26-14-13-25(28-29-26)21-6-3-2-4-7-21/h2-4,6-7,9-14,22H,5,8,15-20H2,1H3. The van der Waals surface area contributed by atoms with Gasteiger partial charge in [0.2, 0.25) is 5.91 Å². The topological polar surface area (TPSA) is 61.8 Å². The van der Waals surface area contributed by atoms with Crippen molar-refractivity contribution in [3.05, 3.63) is 66.7 Å². The van der Waals surface area contributed by atoms with E-state index in [1.54, 1.807) is 7.11 Å². The molecular formula is C27H31N5O2. The molecule has 7 heteroatoms. The van der Waals surface area contributed by atoms with Gasteiger partial charge in [-0.25, -0.2) is 0 Å². The maximum atomic E-state index is 13.3. The number of aromatic nitrogens is 2. The fourth-order valence-electron chi connectivity index (χ4n) is 4.88. The van der Waals surface area contributed by atoms with Gasteiger partial charge in [-0.3, -0.25) is 4.79 Å². The molecule has 1 amide bonds. The van der Waals surface area contributed by atoms with E-state index in [9.17, 15) is 4.79 Å². The number of carbonyl (C=O) groups is 1. The summed E-state index contributed by atoms with van der Waals surface area (Å²) in [7, 11) is 1.68. The molecule has 1 unspecified atom stereocenters. The fourth-order valence-corrected chi connectivity index (χ4v) is 4.88. The van der Waals surface area contributed by atoms with Gasteiger partial charge in [-0.05, 0) is 49.2 Å². The SMILES string of the molecule is COc1ccc(N2CCN(C(=O)C3CCCN(c4ccc(-c5ccccc5)nn4)C3)CC2)cc1. The first-order chi connectivity index (χ1) is 16.7. The molecule has 5 rings (SSSR count). The lowest BCUT2D eigenvalue weighted by atomic mass is 9.96. The first-order valence-corrected chi connectivity index (χ1v) is 12.0. The van der Waals surface area contributed by atoms with Crippen molar-refractivity contribution in [3.63, 3.8) is 0 Å². The van der Waals surface area contributed by atoms with Crippen molar-refractivity contribution in [2.45, 2.75) is 12.8 Å².